The second-order valence-corrected chi connectivity index (χ2v) is 2.84. The van der Waals surface area contributed by atoms with Crippen molar-refractivity contribution in [3.05, 3.63) is 32.4 Å². The van der Waals surface area contributed by atoms with Crippen LogP contribution in [0.15, 0.2) is 17.3 Å². The standard InChI is InChI=1S/C6H6N2O2S/c1-5(8(9)10)4-6-7-2-3-11-6/h2-4H,1H3/b5-4-. The van der Waals surface area contributed by atoms with Gasteiger partial charge in [-0.15, -0.1) is 11.3 Å². The molecule has 58 valence electrons. The van der Waals surface area contributed by atoms with E-state index in [1.807, 2.05) is 0 Å². The molecule has 0 atom stereocenters. The number of nitro groups is 1. The molecule has 0 aliphatic carbocycles. The van der Waals surface area contributed by atoms with Crippen molar-refractivity contribution in [1.29, 1.82) is 0 Å². The van der Waals surface area contributed by atoms with Gasteiger partial charge in [0.25, 0.3) is 0 Å². The lowest BCUT2D eigenvalue weighted by Crippen LogP contribution is -1.92. The predicted octanol–water partition coefficient (Wildman–Crippen LogP) is 1.78. The molecular formula is C6H6N2O2S. The molecule has 1 aromatic heterocycles. The molecule has 0 saturated heterocycles. The zero-order chi connectivity index (χ0) is 8.27. The van der Waals surface area contributed by atoms with Gasteiger partial charge in [-0.1, -0.05) is 0 Å². The fourth-order valence-electron chi connectivity index (χ4n) is 0.537. The zero-order valence-corrected chi connectivity index (χ0v) is 6.67. The highest BCUT2D eigenvalue weighted by molar-refractivity contribution is 7.10. The maximum absolute atomic E-state index is 10.1. The van der Waals surface area contributed by atoms with Gasteiger partial charge in [0, 0.05) is 24.6 Å². The van der Waals surface area contributed by atoms with E-state index in [1.165, 1.54) is 24.3 Å². The number of hydrogen-bond donors (Lipinski definition) is 0. The van der Waals surface area contributed by atoms with Crippen LogP contribution in [0.5, 0.6) is 0 Å². The Hall–Kier alpha value is -1.23. The van der Waals surface area contributed by atoms with E-state index in [0.29, 0.717) is 5.01 Å². The lowest BCUT2D eigenvalue weighted by atomic mass is 10.4. The fraction of sp³-hybridized carbons (Fsp3) is 0.167. The first-order chi connectivity index (χ1) is 5.20. The summed E-state index contributed by atoms with van der Waals surface area (Å²) in [5.41, 5.74) is 0.111. The molecular weight excluding hydrogens is 164 g/mol. The minimum atomic E-state index is -0.429. The predicted molar refractivity (Wildman–Crippen MR) is 42.8 cm³/mol. The normalized spacial score (nSPS) is 11.5. The summed E-state index contributed by atoms with van der Waals surface area (Å²) in [7, 11) is 0. The van der Waals surface area contributed by atoms with Gasteiger partial charge in [-0.2, -0.15) is 0 Å². The Morgan fingerprint density at radius 3 is 3.09 bits per heavy atom. The third kappa shape index (κ3) is 2.12. The van der Waals surface area contributed by atoms with E-state index in [2.05, 4.69) is 4.98 Å². The third-order valence-corrected chi connectivity index (χ3v) is 1.79. The summed E-state index contributed by atoms with van der Waals surface area (Å²) in [4.78, 5) is 13.6. The quantitative estimate of drug-likeness (QED) is 0.502. The summed E-state index contributed by atoms with van der Waals surface area (Å²) in [5.74, 6) is 0. The smallest absolute Gasteiger partial charge is 0.246 e. The summed E-state index contributed by atoms with van der Waals surface area (Å²) in [6.07, 6.45) is 3.06. The monoisotopic (exact) mass is 170 g/mol. The van der Waals surface area contributed by atoms with Crippen LogP contribution in [0, 0.1) is 10.1 Å². The van der Waals surface area contributed by atoms with Gasteiger partial charge in [0.05, 0.1) is 4.92 Å². The van der Waals surface area contributed by atoms with Crippen LogP contribution in [-0.4, -0.2) is 9.91 Å². The molecule has 0 N–H and O–H groups in total. The van der Waals surface area contributed by atoms with Gasteiger partial charge < -0.3 is 0 Å². The Bertz CT molecular complexity index is 279. The number of nitrogens with zero attached hydrogens (tertiary/aromatic N) is 2. The summed E-state index contributed by atoms with van der Waals surface area (Å²) in [6, 6.07) is 0. The van der Waals surface area contributed by atoms with Crippen molar-refractivity contribution in [2.75, 3.05) is 0 Å². The molecule has 0 saturated carbocycles. The van der Waals surface area contributed by atoms with E-state index in [9.17, 15) is 10.1 Å². The van der Waals surface area contributed by atoms with Crippen LogP contribution in [-0.2, 0) is 0 Å². The highest BCUT2D eigenvalue weighted by Crippen LogP contribution is 2.09. The minimum absolute atomic E-state index is 0.111. The molecule has 0 aliphatic rings. The maximum Gasteiger partial charge on any atom is 0.246 e. The van der Waals surface area contributed by atoms with Crippen molar-refractivity contribution in [1.82, 2.24) is 4.98 Å². The largest absolute Gasteiger partial charge is 0.259 e. The number of thiazole rings is 1. The molecule has 0 aliphatic heterocycles. The minimum Gasteiger partial charge on any atom is -0.259 e. The van der Waals surface area contributed by atoms with Crippen LogP contribution in [0.25, 0.3) is 6.08 Å². The number of allylic oxidation sites excluding steroid dienone is 1. The van der Waals surface area contributed by atoms with Crippen LogP contribution in [0.2, 0.25) is 0 Å². The average molecular weight is 170 g/mol. The summed E-state index contributed by atoms with van der Waals surface area (Å²) in [6.45, 7) is 1.45. The SMILES string of the molecule is C/C(=C/c1nccs1)[N+](=O)[O-]. The van der Waals surface area contributed by atoms with Gasteiger partial charge >= 0.3 is 0 Å². The van der Waals surface area contributed by atoms with Gasteiger partial charge in [-0.25, -0.2) is 4.98 Å². The summed E-state index contributed by atoms with van der Waals surface area (Å²) >= 11 is 1.38. The van der Waals surface area contributed by atoms with Gasteiger partial charge in [-0.05, 0) is 0 Å². The fourth-order valence-corrected chi connectivity index (χ4v) is 1.16. The number of aromatic nitrogens is 1. The van der Waals surface area contributed by atoms with Gasteiger partial charge in [0.1, 0.15) is 5.01 Å². The highest BCUT2D eigenvalue weighted by atomic mass is 32.1. The molecule has 0 amide bonds. The third-order valence-electron chi connectivity index (χ3n) is 1.07. The summed E-state index contributed by atoms with van der Waals surface area (Å²) < 4.78 is 0. The maximum atomic E-state index is 10.1. The molecule has 0 fully saturated rings. The van der Waals surface area contributed by atoms with Gasteiger partial charge in [0.2, 0.25) is 5.70 Å². The van der Waals surface area contributed by atoms with E-state index in [4.69, 9.17) is 0 Å². The van der Waals surface area contributed by atoms with Crippen LogP contribution in [0.3, 0.4) is 0 Å². The molecule has 4 nitrogen and oxygen atoms in total. The van der Waals surface area contributed by atoms with Crippen molar-refractivity contribution in [3.8, 4) is 0 Å². The molecule has 5 heteroatoms. The van der Waals surface area contributed by atoms with E-state index in [1.54, 1.807) is 11.6 Å². The Kier molecular flexibility index (Phi) is 2.32. The highest BCUT2D eigenvalue weighted by Gasteiger charge is 2.02. The van der Waals surface area contributed by atoms with Crippen molar-refractivity contribution in [2.45, 2.75) is 6.92 Å². The van der Waals surface area contributed by atoms with E-state index in [-0.39, 0.29) is 5.70 Å². The van der Waals surface area contributed by atoms with Crippen LogP contribution in [0.1, 0.15) is 11.9 Å². The molecule has 1 rings (SSSR count). The molecule has 0 aromatic carbocycles. The van der Waals surface area contributed by atoms with E-state index in [0.717, 1.165) is 0 Å². The topological polar surface area (TPSA) is 56.0 Å². The molecule has 1 aromatic rings. The molecule has 0 unspecified atom stereocenters. The Balaban J connectivity index is 2.82. The average Bonchev–Trinajstić information content (AvgIpc) is 2.39. The van der Waals surface area contributed by atoms with Crippen LogP contribution >= 0.6 is 11.3 Å². The number of rotatable bonds is 2. The van der Waals surface area contributed by atoms with Gasteiger partial charge in [0.15, 0.2) is 0 Å². The van der Waals surface area contributed by atoms with Crippen molar-refractivity contribution >= 4 is 17.4 Å². The molecule has 0 bridgehead atoms. The van der Waals surface area contributed by atoms with E-state index >= 15 is 0 Å². The lowest BCUT2D eigenvalue weighted by molar-refractivity contribution is -0.422. The Labute approximate surface area is 67.3 Å². The molecule has 0 spiro atoms. The molecule has 0 radical (unpaired) electrons. The number of hydrogen-bond acceptors (Lipinski definition) is 4. The molecule has 11 heavy (non-hydrogen) atoms. The van der Waals surface area contributed by atoms with Crippen molar-refractivity contribution in [2.24, 2.45) is 0 Å². The van der Waals surface area contributed by atoms with Crippen LogP contribution in [0.4, 0.5) is 0 Å². The lowest BCUT2D eigenvalue weighted by Gasteiger charge is -1.85. The summed E-state index contributed by atoms with van der Waals surface area (Å²) in [5, 5.41) is 12.6. The van der Waals surface area contributed by atoms with Crippen molar-refractivity contribution in [3.63, 3.8) is 0 Å². The second-order valence-electron chi connectivity index (χ2n) is 1.91. The Morgan fingerprint density at radius 2 is 2.64 bits per heavy atom. The van der Waals surface area contributed by atoms with Crippen molar-refractivity contribution < 1.29 is 4.92 Å². The molecule has 1 heterocycles. The first-order valence-electron chi connectivity index (χ1n) is 2.92. The zero-order valence-electron chi connectivity index (χ0n) is 5.85. The first-order valence-corrected chi connectivity index (χ1v) is 3.80. The Morgan fingerprint density at radius 1 is 1.91 bits per heavy atom. The van der Waals surface area contributed by atoms with Gasteiger partial charge in [-0.3, -0.25) is 10.1 Å². The first kappa shape index (κ1) is 7.87. The van der Waals surface area contributed by atoms with Crippen LogP contribution < -0.4 is 0 Å². The van der Waals surface area contributed by atoms with E-state index < -0.39 is 4.92 Å². The second kappa shape index (κ2) is 3.25.